The number of rotatable bonds is 7. The third-order valence-electron chi connectivity index (χ3n) is 2.43. The Kier molecular flexibility index (Phi) is 5.62. The van der Waals surface area contributed by atoms with E-state index in [4.69, 9.17) is 0 Å². The molecular formula is C11H14BrN5O2S2. The second-order valence-corrected chi connectivity index (χ2v) is 8.20. The number of sulfonamides is 1. The number of hydrogen-bond acceptors (Lipinski definition) is 7. The highest BCUT2D eigenvalue weighted by Gasteiger charge is 2.22. The lowest BCUT2D eigenvalue weighted by molar-refractivity contribution is 0.600. The molecule has 2 rings (SSSR count). The molecule has 0 aliphatic rings. The van der Waals surface area contributed by atoms with E-state index in [2.05, 4.69) is 48.1 Å². The molecule has 2 N–H and O–H groups in total. The minimum atomic E-state index is -3.73. The van der Waals surface area contributed by atoms with Crippen LogP contribution in [-0.4, -0.2) is 30.1 Å². The van der Waals surface area contributed by atoms with Gasteiger partial charge in [-0.15, -0.1) is 16.4 Å². The van der Waals surface area contributed by atoms with Gasteiger partial charge in [0.05, 0.1) is 16.2 Å². The molecule has 10 heteroatoms. The predicted molar refractivity (Wildman–Crippen MR) is 84.7 cm³/mol. The first-order chi connectivity index (χ1) is 10.0. The van der Waals surface area contributed by atoms with Crippen molar-refractivity contribution >= 4 is 43.2 Å². The van der Waals surface area contributed by atoms with Crippen LogP contribution in [0.25, 0.3) is 0 Å². The van der Waals surface area contributed by atoms with Crippen molar-refractivity contribution in [1.29, 1.82) is 0 Å². The highest BCUT2D eigenvalue weighted by molar-refractivity contribution is 9.11. The van der Waals surface area contributed by atoms with Crippen LogP contribution in [0.2, 0.25) is 0 Å². The van der Waals surface area contributed by atoms with E-state index in [-0.39, 0.29) is 10.8 Å². The largest absolute Gasteiger partial charge is 0.312 e. The summed E-state index contributed by atoms with van der Waals surface area (Å²) in [6, 6.07) is 1.64. The number of aromatic nitrogens is 3. The topological polar surface area (TPSA) is 96.9 Å². The molecule has 114 valence electrons. The molecule has 2 heterocycles. The molecule has 0 unspecified atom stereocenters. The lowest BCUT2D eigenvalue weighted by Crippen LogP contribution is -2.15. The molecule has 0 fully saturated rings. The smallest absolute Gasteiger partial charge is 0.266 e. The van der Waals surface area contributed by atoms with E-state index >= 15 is 0 Å². The maximum Gasteiger partial charge on any atom is 0.266 e. The zero-order valence-corrected chi connectivity index (χ0v) is 14.4. The Labute approximate surface area is 135 Å². The minimum absolute atomic E-state index is 0.0544. The van der Waals surface area contributed by atoms with Gasteiger partial charge in [-0.1, -0.05) is 6.92 Å². The fraction of sp³-hybridized carbons (Fsp3) is 0.364. The average Bonchev–Trinajstić information content (AvgIpc) is 2.82. The Morgan fingerprint density at radius 2 is 2.19 bits per heavy atom. The quantitative estimate of drug-likeness (QED) is 0.700. The van der Waals surface area contributed by atoms with Crippen LogP contribution in [0, 0.1) is 0 Å². The van der Waals surface area contributed by atoms with Gasteiger partial charge in [-0.3, -0.25) is 0 Å². The summed E-state index contributed by atoms with van der Waals surface area (Å²) in [6.07, 6.45) is 3.76. The number of thiophene rings is 1. The predicted octanol–water partition coefficient (Wildman–Crippen LogP) is 2.00. The van der Waals surface area contributed by atoms with Gasteiger partial charge in [-0.2, -0.15) is 5.10 Å². The van der Waals surface area contributed by atoms with Crippen molar-refractivity contribution in [2.24, 2.45) is 0 Å². The third-order valence-corrected chi connectivity index (χ3v) is 6.01. The van der Waals surface area contributed by atoms with Gasteiger partial charge in [-0.25, -0.2) is 18.1 Å². The van der Waals surface area contributed by atoms with E-state index in [0.29, 0.717) is 10.3 Å². The van der Waals surface area contributed by atoms with Crippen LogP contribution in [0.1, 0.15) is 18.2 Å². The van der Waals surface area contributed by atoms with Gasteiger partial charge in [0.2, 0.25) is 0 Å². The zero-order chi connectivity index (χ0) is 15.3. The molecule has 2 aromatic rings. The van der Waals surface area contributed by atoms with Gasteiger partial charge in [0.1, 0.15) is 4.90 Å². The van der Waals surface area contributed by atoms with E-state index in [1.807, 2.05) is 0 Å². The molecule has 0 saturated heterocycles. The Morgan fingerprint density at radius 3 is 2.86 bits per heavy atom. The molecule has 0 aromatic carbocycles. The summed E-state index contributed by atoms with van der Waals surface area (Å²) >= 11 is 4.67. The molecule has 0 radical (unpaired) electrons. The molecule has 0 spiro atoms. The van der Waals surface area contributed by atoms with Gasteiger partial charge in [-0.05, 0) is 35.0 Å². The van der Waals surface area contributed by atoms with Crippen LogP contribution in [0.4, 0.5) is 5.95 Å². The second-order valence-electron chi connectivity index (χ2n) is 4.10. The fourth-order valence-corrected chi connectivity index (χ4v) is 5.13. The second kappa shape index (κ2) is 7.25. The van der Waals surface area contributed by atoms with Crippen molar-refractivity contribution in [1.82, 2.24) is 20.5 Å². The lowest BCUT2D eigenvalue weighted by Gasteiger charge is -2.04. The highest BCUT2D eigenvalue weighted by Crippen LogP contribution is 2.32. The molecule has 0 bridgehead atoms. The minimum Gasteiger partial charge on any atom is -0.312 e. The standard InChI is InChI=1S/C11H14BrN5O2S2/c1-2-3-13-7-8-6-9(10(12)20-8)21(18,19)17-11-14-4-5-15-16-11/h4-6,13H,2-3,7H2,1H3,(H,14,16,17). The van der Waals surface area contributed by atoms with Gasteiger partial charge in [0.25, 0.3) is 16.0 Å². The summed E-state index contributed by atoms with van der Waals surface area (Å²) in [4.78, 5) is 4.91. The summed E-state index contributed by atoms with van der Waals surface area (Å²) in [5.41, 5.74) is 0. The van der Waals surface area contributed by atoms with Gasteiger partial charge >= 0.3 is 0 Å². The Morgan fingerprint density at radius 1 is 1.38 bits per heavy atom. The van der Waals surface area contributed by atoms with Gasteiger partial charge in [0, 0.05) is 11.4 Å². The van der Waals surface area contributed by atoms with Crippen LogP contribution in [0.3, 0.4) is 0 Å². The SMILES string of the molecule is CCCNCc1cc(S(=O)(=O)Nc2nccnn2)c(Br)s1. The molecule has 2 aromatic heterocycles. The van der Waals surface area contributed by atoms with Crippen molar-refractivity contribution in [2.75, 3.05) is 11.3 Å². The first-order valence-electron chi connectivity index (χ1n) is 6.18. The fourth-order valence-electron chi connectivity index (χ4n) is 1.53. The summed E-state index contributed by atoms with van der Waals surface area (Å²) in [5, 5.41) is 10.4. The van der Waals surface area contributed by atoms with Crippen molar-refractivity contribution in [2.45, 2.75) is 24.8 Å². The van der Waals surface area contributed by atoms with Crippen molar-refractivity contribution in [3.05, 3.63) is 27.1 Å². The number of anilines is 1. The highest BCUT2D eigenvalue weighted by atomic mass is 79.9. The molecule has 7 nitrogen and oxygen atoms in total. The summed E-state index contributed by atoms with van der Waals surface area (Å²) in [6.45, 7) is 3.60. The number of nitrogens with zero attached hydrogens (tertiary/aromatic N) is 3. The van der Waals surface area contributed by atoms with E-state index in [1.54, 1.807) is 6.07 Å². The van der Waals surface area contributed by atoms with E-state index in [9.17, 15) is 8.42 Å². The Bertz CT molecular complexity index is 690. The van der Waals surface area contributed by atoms with Crippen molar-refractivity contribution in [3.63, 3.8) is 0 Å². The molecule has 0 atom stereocenters. The third kappa shape index (κ3) is 4.43. The maximum absolute atomic E-state index is 12.3. The monoisotopic (exact) mass is 391 g/mol. The molecular weight excluding hydrogens is 378 g/mol. The maximum atomic E-state index is 12.3. The lowest BCUT2D eigenvalue weighted by atomic mass is 10.4. The number of halogens is 1. The van der Waals surface area contributed by atoms with E-state index in [1.165, 1.54) is 23.7 Å². The molecule has 21 heavy (non-hydrogen) atoms. The van der Waals surface area contributed by atoms with Crippen LogP contribution in [-0.2, 0) is 16.6 Å². The van der Waals surface area contributed by atoms with Crippen molar-refractivity contribution in [3.8, 4) is 0 Å². The van der Waals surface area contributed by atoms with Crippen LogP contribution >= 0.6 is 27.3 Å². The first kappa shape index (κ1) is 16.3. The summed E-state index contributed by atoms with van der Waals surface area (Å²) in [7, 11) is -3.73. The summed E-state index contributed by atoms with van der Waals surface area (Å²) in [5.74, 6) is -0.0544. The van der Waals surface area contributed by atoms with Crippen LogP contribution < -0.4 is 10.0 Å². The van der Waals surface area contributed by atoms with Crippen molar-refractivity contribution < 1.29 is 8.42 Å². The molecule has 0 amide bonds. The summed E-state index contributed by atoms with van der Waals surface area (Å²) < 4.78 is 27.5. The normalized spacial score (nSPS) is 11.5. The Hall–Kier alpha value is -1.10. The van der Waals surface area contributed by atoms with E-state index in [0.717, 1.165) is 17.8 Å². The van der Waals surface area contributed by atoms with Gasteiger partial charge < -0.3 is 5.32 Å². The Balaban J connectivity index is 2.16. The first-order valence-corrected chi connectivity index (χ1v) is 9.27. The molecule has 0 aliphatic heterocycles. The average molecular weight is 392 g/mol. The van der Waals surface area contributed by atoms with E-state index < -0.39 is 10.0 Å². The number of hydrogen-bond donors (Lipinski definition) is 2. The van der Waals surface area contributed by atoms with Crippen LogP contribution in [0.15, 0.2) is 27.1 Å². The molecule has 0 aliphatic carbocycles. The zero-order valence-electron chi connectivity index (χ0n) is 11.2. The number of nitrogens with one attached hydrogen (secondary N) is 2. The van der Waals surface area contributed by atoms with Gasteiger partial charge in [0.15, 0.2) is 0 Å². The molecule has 0 saturated carbocycles. The van der Waals surface area contributed by atoms with Crippen LogP contribution in [0.5, 0.6) is 0 Å².